The van der Waals surface area contributed by atoms with Crippen LogP contribution in [0.1, 0.15) is 308 Å². The van der Waals surface area contributed by atoms with Gasteiger partial charge < -0.3 is 0 Å². The van der Waals surface area contributed by atoms with Gasteiger partial charge in [0.1, 0.15) is 6.54 Å². The molecule has 1 aromatic heterocycles. The molecule has 0 aliphatic carbocycles. The van der Waals surface area contributed by atoms with Gasteiger partial charge in [-0.05, 0) is 38.2 Å². The summed E-state index contributed by atoms with van der Waals surface area (Å²) in [7, 11) is 0. The maximum atomic E-state index is 2.60. The highest BCUT2D eigenvalue weighted by molar-refractivity contribution is 5.15. The molecular weight excluding hydrogens is 663 g/mol. The lowest BCUT2D eigenvalue weighted by Crippen LogP contribution is -2.34. The minimum Gasteiger partial charge on any atom is -0.205 e. The van der Waals surface area contributed by atoms with Crippen LogP contribution in [0.5, 0.6) is 0 Å². The number of hydrogen-bond acceptors (Lipinski definition) is 0. The number of unbranched alkanes of at least 4 members (excludes halogenated alkanes) is 40. The molecule has 0 bridgehead atoms. The Hall–Kier alpha value is -0.850. The van der Waals surface area contributed by atoms with Gasteiger partial charge in [-0.3, -0.25) is 0 Å². The van der Waals surface area contributed by atoms with E-state index in [0.717, 1.165) is 0 Å². The van der Waals surface area contributed by atoms with Gasteiger partial charge in [0.25, 0.3) is 0 Å². The minimum absolute atomic E-state index is 1.22. The Labute approximate surface area is 349 Å². The first kappa shape index (κ1) is 52.2. The van der Waals surface area contributed by atoms with E-state index in [1.165, 1.54) is 295 Å². The predicted molar refractivity (Wildman–Crippen MR) is 250 cm³/mol. The molecule has 0 atom stereocenters. The molecule has 0 aliphatic heterocycles. The third-order valence-electron chi connectivity index (χ3n) is 12.7. The Kier molecular flexibility index (Phi) is 42.0. The van der Waals surface area contributed by atoms with Crippen molar-refractivity contribution in [2.75, 3.05) is 0 Å². The Balaban J connectivity index is 2.28. The largest absolute Gasteiger partial charge is 0.205 e. The van der Waals surface area contributed by atoms with Crippen LogP contribution in [0.2, 0.25) is 0 Å². The van der Waals surface area contributed by atoms with Crippen molar-refractivity contribution < 1.29 is 4.57 Å². The summed E-state index contributed by atoms with van der Waals surface area (Å²) in [6, 6.07) is 2.59. The van der Waals surface area contributed by atoms with Crippen LogP contribution in [-0.2, 0) is 19.4 Å². The van der Waals surface area contributed by atoms with E-state index in [1.807, 2.05) is 0 Å². The normalized spacial score (nSPS) is 11.6. The van der Waals surface area contributed by atoms with E-state index >= 15 is 0 Å². The summed E-state index contributed by atoms with van der Waals surface area (Å²) in [6.07, 6.45) is 69.7. The molecule has 1 rings (SSSR count). The SMILES string of the molecule is CCCCCCCCCCCCCCCCCc1cc(CCCCCCCCCCCCCCCCC)c[n+](CCCCCCCCCCCCCCC)c1. The molecule has 0 N–H and O–H groups in total. The molecular formula is C54H104N+. The van der Waals surface area contributed by atoms with Gasteiger partial charge in [-0.15, -0.1) is 0 Å². The molecule has 1 nitrogen and oxygen atoms in total. The fraction of sp³-hybridized carbons (Fsp3) is 0.907. The maximum Gasteiger partial charge on any atom is 0.171 e. The highest BCUT2D eigenvalue weighted by atomic mass is 14.9. The lowest BCUT2D eigenvalue weighted by Gasteiger charge is -2.08. The summed E-state index contributed by atoms with van der Waals surface area (Å²) in [5.74, 6) is 0. The fourth-order valence-corrected chi connectivity index (χ4v) is 8.89. The molecule has 0 spiro atoms. The summed E-state index contributed by atoms with van der Waals surface area (Å²) in [6.45, 7) is 8.17. The molecule has 0 saturated carbocycles. The third-order valence-corrected chi connectivity index (χ3v) is 12.7. The van der Waals surface area contributed by atoms with Crippen molar-refractivity contribution in [2.45, 2.75) is 316 Å². The van der Waals surface area contributed by atoms with Crippen molar-refractivity contribution in [3.63, 3.8) is 0 Å². The first-order valence-corrected chi connectivity index (χ1v) is 26.3. The van der Waals surface area contributed by atoms with Crippen molar-refractivity contribution >= 4 is 0 Å². The minimum atomic E-state index is 1.22. The Morgan fingerprint density at radius 1 is 0.255 bits per heavy atom. The zero-order chi connectivity index (χ0) is 39.4. The highest BCUT2D eigenvalue weighted by Crippen LogP contribution is 2.18. The van der Waals surface area contributed by atoms with Crippen molar-refractivity contribution in [3.05, 3.63) is 29.6 Å². The number of aryl methyl sites for hydroxylation is 3. The van der Waals surface area contributed by atoms with Crippen LogP contribution >= 0.6 is 0 Å². The molecule has 0 aromatic carbocycles. The molecule has 1 heterocycles. The molecule has 324 valence electrons. The van der Waals surface area contributed by atoms with E-state index in [4.69, 9.17) is 0 Å². The molecule has 0 radical (unpaired) electrons. The number of nitrogens with zero attached hydrogens (tertiary/aromatic N) is 1. The van der Waals surface area contributed by atoms with Crippen LogP contribution in [-0.4, -0.2) is 0 Å². The molecule has 55 heavy (non-hydrogen) atoms. The predicted octanol–water partition coefficient (Wildman–Crippen LogP) is 18.9. The molecule has 0 amide bonds. The van der Waals surface area contributed by atoms with Gasteiger partial charge >= 0.3 is 0 Å². The average molecular weight is 767 g/mol. The van der Waals surface area contributed by atoms with Gasteiger partial charge in [-0.25, -0.2) is 4.57 Å². The van der Waals surface area contributed by atoms with E-state index in [9.17, 15) is 0 Å². The van der Waals surface area contributed by atoms with E-state index in [1.54, 1.807) is 11.1 Å². The third kappa shape index (κ3) is 38.4. The second-order valence-corrected chi connectivity index (χ2v) is 18.4. The fourth-order valence-electron chi connectivity index (χ4n) is 8.89. The zero-order valence-electron chi connectivity index (χ0n) is 38.7. The van der Waals surface area contributed by atoms with Crippen LogP contribution in [0.15, 0.2) is 18.5 Å². The molecule has 0 saturated heterocycles. The Morgan fingerprint density at radius 2 is 0.455 bits per heavy atom. The summed E-state index contributed by atoms with van der Waals surface area (Å²) < 4.78 is 2.60. The van der Waals surface area contributed by atoms with E-state index in [-0.39, 0.29) is 0 Å². The van der Waals surface area contributed by atoms with Crippen molar-refractivity contribution in [1.82, 2.24) is 0 Å². The quantitative estimate of drug-likeness (QED) is 0.0460. The molecule has 0 fully saturated rings. The van der Waals surface area contributed by atoms with Crippen molar-refractivity contribution in [1.29, 1.82) is 0 Å². The standard InChI is InChI=1S/C54H104N/c1-4-7-10-13-16-19-22-25-27-29-32-35-38-41-44-47-53-50-54(48-45-42-39-36-33-30-28-26-23-20-17-14-11-8-5-2)52-55(51-53)49-46-43-40-37-34-31-24-21-18-15-12-9-6-3/h50-52H,4-49H2,1-3H3/q+1. The van der Waals surface area contributed by atoms with Gasteiger partial charge in [-0.2, -0.15) is 0 Å². The van der Waals surface area contributed by atoms with Crippen LogP contribution in [0.3, 0.4) is 0 Å². The molecule has 0 unspecified atom stereocenters. The Bertz CT molecular complexity index is 807. The topological polar surface area (TPSA) is 3.88 Å². The van der Waals surface area contributed by atoms with Crippen molar-refractivity contribution in [3.8, 4) is 0 Å². The Morgan fingerprint density at radius 3 is 0.691 bits per heavy atom. The zero-order valence-corrected chi connectivity index (χ0v) is 38.7. The molecule has 0 aliphatic rings. The van der Waals surface area contributed by atoms with Crippen LogP contribution in [0.25, 0.3) is 0 Å². The second-order valence-electron chi connectivity index (χ2n) is 18.4. The number of pyridine rings is 1. The first-order valence-electron chi connectivity index (χ1n) is 26.3. The maximum absolute atomic E-state index is 2.60. The van der Waals surface area contributed by atoms with Crippen LogP contribution in [0.4, 0.5) is 0 Å². The summed E-state index contributed by atoms with van der Waals surface area (Å²) >= 11 is 0. The van der Waals surface area contributed by atoms with Crippen LogP contribution < -0.4 is 4.57 Å². The second kappa shape index (κ2) is 44.3. The molecule has 1 aromatic rings. The summed E-state index contributed by atoms with van der Waals surface area (Å²) in [4.78, 5) is 0. The first-order chi connectivity index (χ1) is 27.3. The number of aromatic nitrogens is 1. The van der Waals surface area contributed by atoms with Gasteiger partial charge in [0.05, 0.1) is 0 Å². The lowest BCUT2D eigenvalue weighted by atomic mass is 10.0. The summed E-state index contributed by atoms with van der Waals surface area (Å²) in [5.41, 5.74) is 3.23. The van der Waals surface area contributed by atoms with Crippen LogP contribution in [0, 0.1) is 0 Å². The van der Waals surface area contributed by atoms with E-state index < -0.39 is 0 Å². The molecule has 1 heteroatoms. The lowest BCUT2D eigenvalue weighted by molar-refractivity contribution is -0.698. The summed E-state index contributed by atoms with van der Waals surface area (Å²) in [5, 5.41) is 0. The van der Waals surface area contributed by atoms with Gasteiger partial charge in [0.15, 0.2) is 12.4 Å². The highest BCUT2D eigenvalue weighted by Gasteiger charge is 2.09. The smallest absolute Gasteiger partial charge is 0.171 e. The van der Waals surface area contributed by atoms with Gasteiger partial charge in [-0.1, -0.05) is 271 Å². The number of hydrogen-bond donors (Lipinski definition) is 0. The monoisotopic (exact) mass is 767 g/mol. The average Bonchev–Trinajstić information content (AvgIpc) is 3.19. The van der Waals surface area contributed by atoms with Crippen molar-refractivity contribution in [2.24, 2.45) is 0 Å². The van der Waals surface area contributed by atoms with Gasteiger partial charge in [0.2, 0.25) is 0 Å². The van der Waals surface area contributed by atoms with Gasteiger partial charge in [0, 0.05) is 17.5 Å². The number of rotatable bonds is 46. The van der Waals surface area contributed by atoms with E-state index in [0.29, 0.717) is 0 Å². The van der Waals surface area contributed by atoms with E-state index in [2.05, 4.69) is 43.8 Å².